The Balaban J connectivity index is 1.18. The van der Waals surface area contributed by atoms with Crippen molar-refractivity contribution in [3.63, 3.8) is 0 Å². The number of piperidine rings is 1. The summed E-state index contributed by atoms with van der Waals surface area (Å²) in [4.78, 5) is 50.6. The molecule has 0 spiro atoms. The summed E-state index contributed by atoms with van der Waals surface area (Å²) in [5.74, 6) is 1.01. The molecule has 1 saturated heterocycles. The van der Waals surface area contributed by atoms with Gasteiger partial charge >= 0.3 is 0 Å². The summed E-state index contributed by atoms with van der Waals surface area (Å²) >= 11 is 0. The summed E-state index contributed by atoms with van der Waals surface area (Å²) < 4.78 is 32.2. The zero-order valence-corrected chi connectivity index (χ0v) is 23.7. The summed E-state index contributed by atoms with van der Waals surface area (Å²) in [5.41, 5.74) is 1.60. The number of rotatable bonds is 21. The third-order valence-corrected chi connectivity index (χ3v) is 6.38. The number of carbonyl (C=O) groups excluding carboxylic acids is 4. The van der Waals surface area contributed by atoms with E-state index in [1.165, 1.54) is 4.90 Å². The van der Waals surface area contributed by atoms with Crippen molar-refractivity contribution in [3.05, 3.63) is 29.3 Å². The Morgan fingerprint density at radius 1 is 0.881 bits per heavy atom. The molecule has 0 bridgehead atoms. The van der Waals surface area contributed by atoms with Crippen LogP contribution in [0, 0.1) is 12.3 Å². The van der Waals surface area contributed by atoms with E-state index in [0.717, 1.165) is 0 Å². The van der Waals surface area contributed by atoms with Gasteiger partial charge in [0.1, 0.15) is 12.6 Å². The molecule has 2 heterocycles. The highest BCUT2D eigenvalue weighted by molar-refractivity contribution is 6.06. The van der Waals surface area contributed by atoms with Crippen LogP contribution in [0.4, 0.5) is 5.69 Å². The lowest BCUT2D eigenvalue weighted by molar-refractivity contribution is -0.137. The smallest absolute Gasteiger partial charge is 0.255 e. The first-order valence-electron chi connectivity index (χ1n) is 14.0. The van der Waals surface area contributed by atoms with Crippen LogP contribution in [-0.4, -0.2) is 114 Å². The second kappa shape index (κ2) is 18.9. The number of ether oxygens (including phenoxy) is 6. The molecular formula is C29H39N3O10. The van der Waals surface area contributed by atoms with E-state index < -0.39 is 11.9 Å². The Kier molecular flexibility index (Phi) is 14.9. The number of nitrogens with zero attached hydrogens (tertiary/aromatic N) is 1. The van der Waals surface area contributed by atoms with Gasteiger partial charge in [-0.05, 0) is 18.6 Å². The van der Waals surface area contributed by atoms with Crippen molar-refractivity contribution in [2.24, 2.45) is 0 Å². The molecule has 230 valence electrons. The minimum absolute atomic E-state index is 0.127. The zero-order valence-electron chi connectivity index (χ0n) is 23.7. The highest BCUT2D eigenvalue weighted by atomic mass is 16.6. The molecule has 2 N–H and O–H groups in total. The molecule has 0 saturated carbocycles. The third-order valence-electron chi connectivity index (χ3n) is 6.38. The molecule has 42 heavy (non-hydrogen) atoms. The topological polar surface area (TPSA) is 151 Å². The van der Waals surface area contributed by atoms with Gasteiger partial charge in [-0.15, -0.1) is 6.42 Å². The molecule has 13 nitrogen and oxygen atoms in total. The maximum atomic E-state index is 12.9. The summed E-state index contributed by atoms with van der Waals surface area (Å²) in [5, 5.41) is 5.12. The lowest BCUT2D eigenvalue weighted by atomic mass is 10.0. The maximum absolute atomic E-state index is 12.9. The Hall–Kier alpha value is -3.38. The molecule has 1 aromatic rings. The number of anilines is 1. The molecule has 1 fully saturated rings. The summed E-state index contributed by atoms with van der Waals surface area (Å²) in [6.07, 6.45) is 5.65. The van der Waals surface area contributed by atoms with Gasteiger partial charge in [-0.1, -0.05) is 12.0 Å². The first-order chi connectivity index (χ1) is 20.5. The van der Waals surface area contributed by atoms with Gasteiger partial charge in [0.15, 0.2) is 0 Å². The van der Waals surface area contributed by atoms with E-state index in [-0.39, 0.29) is 56.7 Å². The number of nitrogens with one attached hydrogen (secondary N) is 2. The highest BCUT2D eigenvalue weighted by Gasteiger charge is 2.39. The summed E-state index contributed by atoms with van der Waals surface area (Å²) in [6, 6.07) is 4.36. The fraction of sp³-hybridized carbons (Fsp3) is 0.586. The van der Waals surface area contributed by atoms with Crippen molar-refractivity contribution in [2.45, 2.75) is 31.8 Å². The molecular weight excluding hydrogens is 550 g/mol. The van der Waals surface area contributed by atoms with Crippen LogP contribution in [-0.2, 0) is 49.3 Å². The molecule has 0 aromatic heterocycles. The minimum atomic E-state index is -0.713. The van der Waals surface area contributed by atoms with Crippen molar-refractivity contribution in [2.75, 3.05) is 84.6 Å². The number of amides is 4. The SMILES string of the molecule is C#CCOCCOCCOCCOCCOCCOCCC(=O)Nc1cccc2c1CN(C1CCC(=O)NC1=O)C2=O. The van der Waals surface area contributed by atoms with Gasteiger partial charge in [-0.25, -0.2) is 0 Å². The fourth-order valence-corrected chi connectivity index (χ4v) is 4.31. The van der Waals surface area contributed by atoms with Crippen molar-refractivity contribution in [3.8, 4) is 12.3 Å². The number of fused-ring (bicyclic) bond motifs is 1. The average molecular weight is 590 g/mol. The molecule has 1 aromatic carbocycles. The van der Waals surface area contributed by atoms with Crippen LogP contribution < -0.4 is 10.6 Å². The average Bonchev–Trinajstić information content (AvgIpc) is 3.31. The van der Waals surface area contributed by atoms with Gasteiger partial charge in [0.25, 0.3) is 5.91 Å². The van der Waals surface area contributed by atoms with E-state index in [1.807, 2.05) is 0 Å². The minimum Gasteiger partial charge on any atom is -0.379 e. The van der Waals surface area contributed by atoms with Gasteiger partial charge in [-0.2, -0.15) is 0 Å². The number of hydrogen-bond acceptors (Lipinski definition) is 10. The Bertz CT molecular complexity index is 1090. The predicted octanol–water partition coefficient (Wildman–Crippen LogP) is 0.509. The Labute approximate surface area is 245 Å². The Morgan fingerprint density at radius 2 is 1.45 bits per heavy atom. The number of hydrogen-bond donors (Lipinski definition) is 2. The van der Waals surface area contributed by atoms with Crippen LogP contribution >= 0.6 is 0 Å². The number of imide groups is 1. The predicted molar refractivity (Wildman–Crippen MR) is 149 cm³/mol. The molecule has 2 aliphatic rings. The summed E-state index contributed by atoms with van der Waals surface area (Å²) in [7, 11) is 0. The summed E-state index contributed by atoms with van der Waals surface area (Å²) in [6.45, 7) is 5.02. The van der Waals surface area contributed by atoms with Crippen molar-refractivity contribution in [1.29, 1.82) is 0 Å². The quantitative estimate of drug-likeness (QED) is 0.118. The second-order valence-electron chi connectivity index (χ2n) is 9.35. The van der Waals surface area contributed by atoms with Crippen molar-refractivity contribution in [1.82, 2.24) is 10.2 Å². The maximum Gasteiger partial charge on any atom is 0.255 e. The Morgan fingerprint density at radius 3 is 2.02 bits per heavy atom. The lowest BCUT2D eigenvalue weighted by Crippen LogP contribution is -2.52. The monoisotopic (exact) mass is 589 g/mol. The molecule has 0 radical (unpaired) electrons. The number of terminal acetylenes is 1. The van der Waals surface area contributed by atoms with Crippen molar-refractivity contribution < 1.29 is 47.6 Å². The van der Waals surface area contributed by atoms with Crippen molar-refractivity contribution >= 4 is 29.3 Å². The molecule has 0 aliphatic carbocycles. The standard InChI is InChI=1S/C29H39N3O10/c1-2-9-37-11-13-39-15-17-41-19-20-42-18-16-40-14-12-38-10-8-27(34)30-24-5-3-4-22-23(24)21-32(29(22)36)25-6-7-26(33)31-28(25)35/h1,3-5,25H,6-21H2,(H,30,34)(H,31,33,35). The van der Waals surface area contributed by atoms with Crippen LogP contribution in [0.3, 0.4) is 0 Å². The molecule has 1 unspecified atom stereocenters. The molecule has 13 heteroatoms. The van der Waals surface area contributed by atoms with Crippen LogP contribution in [0.15, 0.2) is 18.2 Å². The van der Waals surface area contributed by atoms with Crippen LogP contribution in [0.5, 0.6) is 0 Å². The number of carbonyl (C=O) groups is 4. The zero-order chi connectivity index (χ0) is 30.0. The van der Waals surface area contributed by atoms with E-state index in [0.29, 0.717) is 82.9 Å². The first kappa shape index (κ1) is 33.1. The molecule has 1 atom stereocenters. The van der Waals surface area contributed by atoms with Gasteiger partial charge in [0.2, 0.25) is 17.7 Å². The van der Waals surface area contributed by atoms with E-state index in [4.69, 9.17) is 34.8 Å². The fourth-order valence-electron chi connectivity index (χ4n) is 4.31. The van der Waals surface area contributed by atoms with E-state index in [2.05, 4.69) is 16.6 Å². The first-order valence-corrected chi connectivity index (χ1v) is 14.0. The van der Waals surface area contributed by atoms with Gasteiger partial charge in [0, 0.05) is 29.8 Å². The highest BCUT2D eigenvalue weighted by Crippen LogP contribution is 2.32. The van der Waals surface area contributed by atoms with Gasteiger partial charge < -0.3 is 38.6 Å². The normalized spacial score (nSPS) is 16.3. The van der Waals surface area contributed by atoms with Crippen LogP contribution in [0.25, 0.3) is 0 Å². The largest absolute Gasteiger partial charge is 0.379 e. The van der Waals surface area contributed by atoms with Crippen LogP contribution in [0.1, 0.15) is 35.2 Å². The number of benzene rings is 1. The van der Waals surface area contributed by atoms with Gasteiger partial charge in [-0.3, -0.25) is 24.5 Å². The van der Waals surface area contributed by atoms with E-state index in [1.54, 1.807) is 18.2 Å². The third kappa shape index (κ3) is 11.1. The second-order valence-corrected chi connectivity index (χ2v) is 9.35. The van der Waals surface area contributed by atoms with E-state index >= 15 is 0 Å². The molecule has 3 rings (SSSR count). The van der Waals surface area contributed by atoms with Crippen LogP contribution in [0.2, 0.25) is 0 Å². The van der Waals surface area contributed by atoms with E-state index in [9.17, 15) is 19.2 Å². The van der Waals surface area contributed by atoms with Gasteiger partial charge in [0.05, 0.1) is 79.1 Å². The molecule has 2 aliphatic heterocycles. The lowest BCUT2D eigenvalue weighted by Gasteiger charge is -2.29. The molecule has 4 amide bonds.